The molecular formula is C19H25N2O2S+. The Balaban J connectivity index is 1.62. The highest BCUT2D eigenvalue weighted by molar-refractivity contribution is 7.89. The summed E-state index contributed by atoms with van der Waals surface area (Å²) in [5.74, 6) is 0. The molecule has 0 saturated carbocycles. The number of nitrogens with one attached hydrogen (secondary N) is 1. The largest absolute Gasteiger partial charge is 0.329 e. The maximum absolute atomic E-state index is 12.8. The first-order chi connectivity index (χ1) is 11.6. The van der Waals surface area contributed by atoms with Gasteiger partial charge in [0.15, 0.2) is 0 Å². The van der Waals surface area contributed by atoms with Gasteiger partial charge in [-0.25, -0.2) is 8.42 Å². The van der Waals surface area contributed by atoms with Gasteiger partial charge in [0.25, 0.3) is 0 Å². The van der Waals surface area contributed by atoms with Crippen LogP contribution in [0.2, 0.25) is 0 Å². The molecule has 0 spiro atoms. The normalized spacial score (nSPS) is 17.0. The van der Waals surface area contributed by atoms with Crippen molar-refractivity contribution in [3.8, 4) is 0 Å². The van der Waals surface area contributed by atoms with Crippen molar-refractivity contribution in [1.82, 2.24) is 4.31 Å². The minimum absolute atomic E-state index is 0.409. The average Bonchev–Trinajstić information content (AvgIpc) is 2.63. The third-order valence-electron chi connectivity index (χ3n) is 4.70. The van der Waals surface area contributed by atoms with Gasteiger partial charge in [-0.05, 0) is 24.1 Å². The lowest BCUT2D eigenvalue weighted by Gasteiger charge is -2.31. The number of hydrogen-bond donors (Lipinski definition) is 1. The molecule has 2 aromatic rings. The summed E-state index contributed by atoms with van der Waals surface area (Å²) in [4.78, 5) is 1.85. The van der Waals surface area contributed by atoms with Gasteiger partial charge >= 0.3 is 0 Å². The predicted octanol–water partition coefficient (Wildman–Crippen LogP) is 1.34. The lowest BCUT2D eigenvalue weighted by atomic mass is 10.2. The molecule has 24 heavy (non-hydrogen) atoms. The van der Waals surface area contributed by atoms with Crippen molar-refractivity contribution in [2.45, 2.75) is 24.8 Å². The highest BCUT2D eigenvalue weighted by Gasteiger charge is 2.30. The average molecular weight is 345 g/mol. The van der Waals surface area contributed by atoms with Gasteiger partial charge in [-0.1, -0.05) is 49.4 Å². The summed E-state index contributed by atoms with van der Waals surface area (Å²) < 4.78 is 27.2. The van der Waals surface area contributed by atoms with E-state index in [0.717, 1.165) is 31.6 Å². The highest BCUT2D eigenvalue weighted by atomic mass is 32.2. The second kappa shape index (κ2) is 7.47. The number of nitrogens with zero attached hydrogens (tertiary/aromatic N) is 1. The second-order valence-corrected chi connectivity index (χ2v) is 8.25. The predicted molar refractivity (Wildman–Crippen MR) is 95.4 cm³/mol. The topological polar surface area (TPSA) is 41.8 Å². The maximum Gasteiger partial charge on any atom is 0.243 e. The molecule has 0 unspecified atom stereocenters. The molecule has 1 aliphatic rings. The molecule has 4 nitrogen and oxygen atoms in total. The summed E-state index contributed by atoms with van der Waals surface area (Å²) in [5.41, 5.74) is 2.46. The maximum atomic E-state index is 12.8. The summed E-state index contributed by atoms with van der Waals surface area (Å²) in [5, 5.41) is 0. The van der Waals surface area contributed by atoms with Crippen LogP contribution in [0.15, 0.2) is 59.5 Å². The number of piperazine rings is 1. The zero-order valence-electron chi connectivity index (χ0n) is 14.1. The Morgan fingerprint density at radius 1 is 0.917 bits per heavy atom. The van der Waals surface area contributed by atoms with Crippen LogP contribution in [0.1, 0.15) is 18.1 Å². The SMILES string of the molecule is CCc1ccc(S(=O)(=O)N2CC[NH+](Cc3ccccc3)CC2)cc1. The molecule has 1 fully saturated rings. The zero-order valence-corrected chi connectivity index (χ0v) is 14.9. The number of rotatable bonds is 5. The summed E-state index contributed by atoms with van der Waals surface area (Å²) in [6.45, 7) is 5.89. The molecule has 1 heterocycles. The first kappa shape index (κ1) is 17.1. The van der Waals surface area contributed by atoms with E-state index in [1.807, 2.05) is 18.2 Å². The van der Waals surface area contributed by atoms with Crippen molar-refractivity contribution in [1.29, 1.82) is 0 Å². The molecule has 0 radical (unpaired) electrons. The molecular weight excluding hydrogens is 320 g/mol. The van der Waals surface area contributed by atoms with E-state index in [-0.39, 0.29) is 0 Å². The smallest absolute Gasteiger partial charge is 0.243 e. The van der Waals surface area contributed by atoms with Crippen molar-refractivity contribution in [3.63, 3.8) is 0 Å². The Hall–Kier alpha value is -1.69. The summed E-state index contributed by atoms with van der Waals surface area (Å²) >= 11 is 0. The summed E-state index contributed by atoms with van der Waals surface area (Å²) in [6.07, 6.45) is 0.918. The molecule has 5 heteroatoms. The quantitative estimate of drug-likeness (QED) is 0.889. The number of aryl methyl sites for hydroxylation is 1. The van der Waals surface area contributed by atoms with Gasteiger partial charge in [-0.15, -0.1) is 0 Å². The third-order valence-corrected chi connectivity index (χ3v) is 6.61. The molecule has 0 aromatic heterocycles. The molecule has 1 N–H and O–H groups in total. The van der Waals surface area contributed by atoms with Gasteiger partial charge in [-0.2, -0.15) is 4.31 Å². The number of quaternary nitrogens is 1. The lowest BCUT2D eigenvalue weighted by molar-refractivity contribution is -0.917. The van der Waals surface area contributed by atoms with Gasteiger partial charge in [0.05, 0.1) is 31.1 Å². The van der Waals surface area contributed by atoms with Crippen LogP contribution in [0.4, 0.5) is 0 Å². The van der Waals surface area contributed by atoms with E-state index in [4.69, 9.17) is 0 Å². The van der Waals surface area contributed by atoms with Crippen LogP contribution in [-0.4, -0.2) is 38.9 Å². The Morgan fingerprint density at radius 2 is 1.54 bits per heavy atom. The van der Waals surface area contributed by atoms with E-state index in [0.29, 0.717) is 18.0 Å². The van der Waals surface area contributed by atoms with E-state index in [2.05, 4.69) is 31.2 Å². The zero-order chi connectivity index (χ0) is 17.0. The van der Waals surface area contributed by atoms with E-state index in [1.54, 1.807) is 16.4 Å². The van der Waals surface area contributed by atoms with Crippen molar-refractivity contribution in [2.75, 3.05) is 26.2 Å². The third kappa shape index (κ3) is 3.86. The van der Waals surface area contributed by atoms with Crippen LogP contribution in [-0.2, 0) is 23.0 Å². The van der Waals surface area contributed by atoms with E-state index < -0.39 is 10.0 Å². The molecule has 0 atom stereocenters. The van der Waals surface area contributed by atoms with E-state index in [9.17, 15) is 8.42 Å². The van der Waals surface area contributed by atoms with Gasteiger partial charge in [0.2, 0.25) is 10.0 Å². The fourth-order valence-electron chi connectivity index (χ4n) is 3.15. The fourth-order valence-corrected chi connectivity index (χ4v) is 4.59. The van der Waals surface area contributed by atoms with Crippen LogP contribution < -0.4 is 4.90 Å². The summed E-state index contributed by atoms with van der Waals surface area (Å²) in [7, 11) is -3.36. The van der Waals surface area contributed by atoms with E-state index in [1.165, 1.54) is 10.5 Å². The first-order valence-electron chi connectivity index (χ1n) is 8.56. The Bertz CT molecular complexity index is 750. The van der Waals surface area contributed by atoms with Crippen LogP contribution in [0.5, 0.6) is 0 Å². The summed E-state index contributed by atoms with van der Waals surface area (Å²) in [6, 6.07) is 17.7. The number of sulfonamides is 1. The first-order valence-corrected chi connectivity index (χ1v) is 10.00. The van der Waals surface area contributed by atoms with E-state index >= 15 is 0 Å². The highest BCUT2D eigenvalue weighted by Crippen LogP contribution is 2.16. The molecule has 0 amide bonds. The van der Waals surface area contributed by atoms with Crippen molar-refractivity contribution >= 4 is 10.0 Å². The van der Waals surface area contributed by atoms with Gasteiger partial charge < -0.3 is 4.90 Å². The standard InChI is InChI=1S/C19H24N2O2S/c1-2-17-8-10-19(11-9-17)24(22,23)21-14-12-20(13-15-21)16-18-6-4-3-5-7-18/h3-11H,2,12-16H2,1H3/p+1. The van der Waals surface area contributed by atoms with Crippen LogP contribution >= 0.6 is 0 Å². The monoisotopic (exact) mass is 345 g/mol. The molecule has 1 saturated heterocycles. The molecule has 3 rings (SSSR count). The van der Waals surface area contributed by atoms with Gasteiger partial charge in [0.1, 0.15) is 6.54 Å². The Kier molecular flexibility index (Phi) is 5.33. The molecule has 2 aromatic carbocycles. The fraction of sp³-hybridized carbons (Fsp3) is 0.368. The second-order valence-electron chi connectivity index (χ2n) is 6.31. The van der Waals surface area contributed by atoms with Crippen molar-refractivity contribution in [3.05, 3.63) is 65.7 Å². The van der Waals surface area contributed by atoms with Gasteiger partial charge in [0, 0.05) is 5.56 Å². The molecule has 128 valence electrons. The Labute approximate surface area is 144 Å². The van der Waals surface area contributed by atoms with Crippen LogP contribution in [0.25, 0.3) is 0 Å². The molecule has 1 aliphatic heterocycles. The van der Waals surface area contributed by atoms with Crippen LogP contribution in [0, 0.1) is 0 Å². The minimum atomic E-state index is -3.36. The van der Waals surface area contributed by atoms with Crippen molar-refractivity contribution < 1.29 is 13.3 Å². The number of benzene rings is 2. The number of hydrogen-bond acceptors (Lipinski definition) is 2. The van der Waals surface area contributed by atoms with Gasteiger partial charge in [-0.3, -0.25) is 0 Å². The van der Waals surface area contributed by atoms with Crippen LogP contribution in [0.3, 0.4) is 0 Å². The lowest BCUT2D eigenvalue weighted by Crippen LogP contribution is -3.13. The van der Waals surface area contributed by atoms with Crippen molar-refractivity contribution in [2.24, 2.45) is 0 Å². The minimum Gasteiger partial charge on any atom is -0.329 e. The molecule has 0 aliphatic carbocycles. The molecule has 0 bridgehead atoms. The Morgan fingerprint density at radius 3 is 2.12 bits per heavy atom.